The Kier molecular flexibility index (Phi) is 15.0. The van der Waals surface area contributed by atoms with Crippen LogP contribution >= 0.6 is 0 Å². The molecule has 0 radical (unpaired) electrons. The molecule has 0 heterocycles. The molecule has 0 spiro atoms. The molecule has 0 aliphatic rings. The lowest BCUT2D eigenvalue weighted by molar-refractivity contribution is -0.142. The van der Waals surface area contributed by atoms with Crippen molar-refractivity contribution in [2.24, 2.45) is 23.1 Å². The average Bonchev–Trinajstić information content (AvgIpc) is 2.87. The standard InChI is InChI=1S/C26H44N6O6/c1-16(2)22(29)25(36)31-20(8-4-6-14-28)23(34)30-19(7-3-5-13-27)24(35)32-21(26(37)38)15-17-9-11-18(33)12-10-17/h9-12,16,19-22,33H,3-8,13-15,27-29H2,1-2H3,(H,30,34)(H,31,36)(H,32,35)(H,37,38). The van der Waals surface area contributed by atoms with Gasteiger partial charge in [-0.3, -0.25) is 14.4 Å². The predicted octanol–water partition coefficient (Wildman–Crippen LogP) is -0.285. The second kappa shape index (κ2) is 17.3. The number of carboxylic acid groups (broad SMARTS) is 1. The number of unbranched alkanes of at least 4 members (excludes halogenated alkanes) is 2. The quantitative estimate of drug-likeness (QED) is 0.115. The molecule has 0 aromatic heterocycles. The molecule has 0 saturated heterocycles. The highest BCUT2D eigenvalue weighted by atomic mass is 16.4. The molecule has 4 atom stereocenters. The molecule has 0 aliphatic heterocycles. The Morgan fingerprint density at radius 1 is 0.763 bits per heavy atom. The Labute approximate surface area is 224 Å². The summed E-state index contributed by atoms with van der Waals surface area (Å²) in [5.41, 5.74) is 17.7. The van der Waals surface area contributed by atoms with Gasteiger partial charge in [0.2, 0.25) is 17.7 Å². The highest BCUT2D eigenvalue weighted by molar-refractivity contribution is 5.94. The number of hydrogen-bond donors (Lipinski definition) is 8. The highest BCUT2D eigenvalue weighted by Gasteiger charge is 2.30. The zero-order valence-corrected chi connectivity index (χ0v) is 22.3. The van der Waals surface area contributed by atoms with Crippen molar-refractivity contribution in [2.75, 3.05) is 13.1 Å². The molecule has 38 heavy (non-hydrogen) atoms. The topological polar surface area (TPSA) is 223 Å². The third kappa shape index (κ3) is 11.9. The van der Waals surface area contributed by atoms with Crippen molar-refractivity contribution >= 4 is 23.7 Å². The van der Waals surface area contributed by atoms with E-state index in [1.165, 1.54) is 12.1 Å². The first-order chi connectivity index (χ1) is 18.0. The number of carbonyl (C=O) groups is 4. The third-order valence-electron chi connectivity index (χ3n) is 6.17. The molecule has 0 saturated carbocycles. The molecule has 0 aliphatic carbocycles. The largest absolute Gasteiger partial charge is 0.508 e. The van der Waals surface area contributed by atoms with Crippen LogP contribution < -0.4 is 33.2 Å². The molecule has 214 valence electrons. The lowest BCUT2D eigenvalue weighted by Crippen LogP contribution is -2.57. The van der Waals surface area contributed by atoms with Gasteiger partial charge in [0.15, 0.2) is 0 Å². The predicted molar refractivity (Wildman–Crippen MR) is 144 cm³/mol. The molecular weight excluding hydrogens is 492 g/mol. The normalized spacial score (nSPS) is 14.3. The number of carbonyl (C=O) groups excluding carboxylic acids is 3. The van der Waals surface area contributed by atoms with E-state index in [1.54, 1.807) is 26.0 Å². The minimum absolute atomic E-state index is 0.0182. The molecule has 0 fully saturated rings. The summed E-state index contributed by atoms with van der Waals surface area (Å²) in [5, 5.41) is 27.0. The number of nitrogens with one attached hydrogen (secondary N) is 3. The number of rotatable bonds is 18. The molecule has 1 rings (SSSR count). The summed E-state index contributed by atoms with van der Waals surface area (Å²) in [7, 11) is 0. The molecule has 3 amide bonds. The molecule has 0 bridgehead atoms. The van der Waals surface area contributed by atoms with Crippen LogP contribution in [-0.4, -0.2) is 71.2 Å². The van der Waals surface area contributed by atoms with Crippen molar-refractivity contribution in [3.05, 3.63) is 29.8 Å². The Balaban J connectivity index is 3.03. The zero-order chi connectivity index (χ0) is 28.7. The zero-order valence-electron chi connectivity index (χ0n) is 22.3. The van der Waals surface area contributed by atoms with E-state index in [2.05, 4.69) is 16.0 Å². The lowest BCUT2D eigenvalue weighted by Gasteiger charge is -2.26. The number of benzene rings is 1. The van der Waals surface area contributed by atoms with Gasteiger partial charge in [-0.05, 0) is 75.2 Å². The van der Waals surface area contributed by atoms with E-state index >= 15 is 0 Å². The monoisotopic (exact) mass is 536 g/mol. The average molecular weight is 537 g/mol. The molecular formula is C26H44N6O6. The van der Waals surface area contributed by atoms with E-state index < -0.39 is 47.9 Å². The number of nitrogens with two attached hydrogens (primary N) is 3. The summed E-state index contributed by atoms with van der Waals surface area (Å²) in [4.78, 5) is 50.8. The number of aromatic hydroxyl groups is 1. The van der Waals surface area contributed by atoms with Gasteiger partial charge in [-0.15, -0.1) is 0 Å². The van der Waals surface area contributed by atoms with Crippen LogP contribution in [0.3, 0.4) is 0 Å². The number of carboxylic acids is 1. The van der Waals surface area contributed by atoms with E-state index in [0.717, 1.165) is 0 Å². The smallest absolute Gasteiger partial charge is 0.326 e. The first-order valence-electron chi connectivity index (χ1n) is 13.1. The van der Waals surface area contributed by atoms with E-state index in [0.29, 0.717) is 50.8 Å². The van der Waals surface area contributed by atoms with Gasteiger partial charge in [0.1, 0.15) is 23.9 Å². The van der Waals surface area contributed by atoms with Crippen molar-refractivity contribution in [2.45, 2.75) is 83.0 Å². The van der Waals surface area contributed by atoms with Gasteiger partial charge in [0.25, 0.3) is 0 Å². The fourth-order valence-electron chi connectivity index (χ4n) is 3.71. The Bertz CT molecular complexity index is 895. The summed E-state index contributed by atoms with van der Waals surface area (Å²) < 4.78 is 0. The fraction of sp³-hybridized carbons (Fsp3) is 0.615. The molecule has 4 unspecified atom stereocenters. The van der Waals surface area contributed by atoms with Crippen molar-refractivity contribution < 1.29 is 29.4 Å². The van der Waals surface area contributed by atoms with Crippen LogP contribution in [-0.2, 0) is 25.6 Å². The summed E-state index contributed by atoms with van der Waals surface area (Å²) in [6, 6.07) is 1.94. The molecule has 12 heteroatoms. The number of amides is 3. The van der Waals surface area contributed by atoms with Gasteiger partial charge in [-0.25, -0.2) is 4.79 Å². The van der Waals surface area contributed by atoms with Gasteiger partial charge in [-0.2, -0.15) is 0 Å². The lowest BCUT2D eigenvalue weighted by atomic mass is 10.0. The maximum atomic E-state index is 13.2. The van der Waals surface area contributed by atoms with Crippen LogP contribution in [0.25, 0.3) is 0 Å². The second-order valence-electron chi connectivity index (χ2n) is 9.73. The van der Waals surface area contributed by atoms with Crippen molar-refractivity contribution in [1.29, 1.82) is 0 Å². The van der Waals surface area contributed by atoms with Crippen molar-refractivity contribution in [3.63, 3.8) is 0 Å². The minimum Gasteiger partial charge on any atom is -0.508 e. The SMILES string of the molecule is CC(C)C(N)C(=O)NC(CCCCN)C(=O)NC(CCCCN)C(=O)NC(Cc1ccc(O)cc1)C(=O)O. The van der Waals surface area contributed by atoms with Gasteiger partial charge >= 0.3 is 5.97 Å². The summed E-state index contributed by atoms with van der Waals surface area (Å²) >= 11 is 0. The van der Waals surface area contributed by atoms with Crippen molar-refractivity contribution in [1.82, 2.24) is 16.0 Å². The minimum atomic E-state index is -1.26. The van der Waals surface area contributed by atoms with Gasteiger partial charge < -0.3 is 43.4 Å². The van der Waals surface area contributed by atoms with E-state index in [1.807, 2.05) is 0 Å². The molecule has 12 nitrogen and oxygen atoms in total. The first-order valence-corrected chi connectivity index (χ1v) is 13.1. The summed E-state index contributed by atoms with van der Waals surface area (Å²) in [5.74, 6) is -3.05. The number of hydrogen-bond acceptors (Lipinski definition) is 8. The van der Waals surface area contributed by atoms with E-state index in [4.69, 9.17) is 17.2 Å². The number of aliphatic carboxylic acids is 1. The molecule has 1 aromatic carbocycles. The Morgan fingerprint density at radius 3 is 1.63 bits per heavy atom. The van der Waals surface area contributed by atoms with Crippen LogP contribution in [0.1, 0.15) is 57.9 Å². The maximum Gasteiger partial charge on any atom is 0.326 e. The number of phenols is 1. The Morgan fingerprint density at radius 2 is 1.21 bits per heavy atom. The Hall–Kier alpha value is -3.22. The van der Waals surface area contributed by atoms with Gasteiger partial charge in [0.05, 0.1) is 6.04 Å². The summed E-state index contributed by atoms with van der Waals surface area (Å²) in [6.07, 6.45) is 2.86. The van der Waals surface area contributed by atoms with Crippen LogP contribution in [0.15, 0.2) is 24.3 Å². The van der Waals surface area contributed by atoms with Gasteiger partial charge in [-0.1, -0.05) is 26.0 Å². The third-order valence-corrected chi connectivity index (χ3v) is 6.17. The van der Waals surface area contributed by atoms with Crippen LogP contribution in [0.5, 0.6) is 5.75 Å². The maximum absolute atomic E-state index is 13.2. The number of phenolic OH excluding ortho intramolecular Hbond substituents is 1. The highest BCUT2D eigenvalue weighted by Crippen LogP contribution is 2.12. The fourth-order valence-corrected chi connectivity index (χ4v) is 3.71. The van der Waals surface area contributed by atoms with Crippen LogP contribution in [0.4, 0.5) is 0 Å². The summed E-state index contributed by atoms with van der Waals surface area (Å²) in [6.45, 7) is 4.41. The van der Waals surface area contributed by atoms with Gasteiger partial charge in [0, 0.05) is 6.42 Å². The second-order valence-corrected chi connectivity index (χ2v) is 9.73. The van der Waals surface area contributed by atoms with Crippen molar-refractivity contribution in [3.8, 4) is 5.75 Å². The van der Waals surface area contributed by atoms with Crippen LogP contribution in [0, 0.1) is 5.92 Å². The van der Waals surface area contributed by atoms with E-state index in [9.17, 15) is 29.4 Å². The van der Waals surface area contributed by atoms with E-state index in [-0.39, 0.29) is 24.5 Å². The molecule has 1 aromatic rings. The first kappa shape index (κ1) is 32.8. The van der Waals surface area contributed by atoms with Crippen LogP contribution in [0.2, 0.25) is 0 Å². The molecule has 11 N–H and O–H groups in total.